The largest absolute Gasteiger partial charge is 0.399 e. The third kappa shape index (κ3) is 3.61. The molecule has 5 nitrogen and oxygen atoms in total. The normalized spacial score (nSPS) is 14.9. The summed E-state index contributed by atoms with van der Waals surface area (Å²) >= 11 is 0. The molecule has 26 heavy (non-hydrogen) atoms. The molecule has 2 heterocycles. The van der Waals surface area contributed by atoms with Gasteiger partial charge in [0.2, 0.25) is 0 Å². The minimum Gasteiger partial charge on any atom is -0.399 e. The van der Waals surface area contributed by atoms with Crippen molar-refractivity contribution in [2.24, 2.45) is 5.16 Å². The lowest BCUT2D eigenvalue weighted by molar-refractivity contribution is 0.211. The van der Waals surface area contributed by atoms with Crippen LogP contribution in [0.4, 0.5) is 0 Å². The Labute approximate surface area is 152 Å². The molecule has 0 bridgehead atoms. The number of oxime groups is 1. The maximum Gasteiger partial charge on any atom is 0.178 e. The van der Waals surface area contributed by atoms with Gasteiger partial charge in [-0.3, -0.25) is 0 Å². The summed E-state index contributed by atoms with van der Waals surface area (Å²) in [5, 5.41) is 4.06. The molecule has 0 saturated heterocycles. The average Bonchev–Trinajstić information content (AvgIpc) is 2.69. The molecule has 0 atom stereocenters. The number of nitrogens with zero attached hydrogens (tertiary/aromatic N) is 4. The van der Waals surface area contributed by atoms with E-state index in [2.05, 4.69) is 22.3 Å². The van der Waals surface area contributed by atoms with Crippen molar-refractivity contribution in [1.29, 1.82) is 0 Å². The van der Waals surface area contributed by atoms with Gasteiger partial charge in [-0.05, 0) is 36.1 Å². The minimum absolute atomic E-state index is 0.686. The van der Waals surface area contributed by atoms with E-state index in [9.17, 15) is 0 Å². The van der Waals surface area contributed by atoms with E-state index >= 15 is 0 Å². The lowest BCUT2D eigenvalue weighted by atomic mass is 9.95. The second-order valence-corrected chi connectivity index (χ2v) is 6.36. The third-order valence-corrected chi connectivity index (χ3v) is 4.48. The highest BCUT2D eigenvalue weighted by Gasteiger charge is 2.18. The van der Waals surface area contributed by atoms with Gasteiger partial charge in [-0.2, -0.15) is 0 Å². The average molecular weight is 344 g/mol. The minimum atomic E-state index is 0.686. The van der Waals surface area contributed by atoms with Crippen molar-refractivity contribution in [3.05, 3.63) is 77.2 Å². The second kappa shape index (κ2) is 7.44. The van der Waals surface area contributed by atoms with Crippen molar-refractivity contribution >= 4 is 5.71 Å². The van der Waals surface area contributed by atoms with Crippen molar-refractivity contribution in [2.75, 3.05) is 7.11 Å². The molecule has 0 spiro atoms. The Morgan fingerprint density at radius 3 is 2.73 bits per heavy atom. The molecule has 1 aliphatic rings. The maximum absolute atomic E-state index is 4.89. The molecule has 2 aromatic heterocycles. The molecule has 1 aliphatic carbocycles. The monoisotopic (exact) mass is 344 g/mol. The second-order valence-electron chi connectivity index (χ2n) is 6.36. The summed E-state index contributed by atoms with van der Waals surface area (Å²) in [4.78, 5) is 18.9. The summed E-state index contributed by atoms with van der Waals surface area (Å²) in [6.07, 6.45) is 5.18. The number of rotatable bonds is 4. The smallest absolute Gasteiger partial charge is 0.178 e. The Morgan fingerprint density at radius 1 is 1.00 bits per heavy atom. The molecule has 130 valence electrons. The van der Waals surface area contributed by atoms with E-state index in [1.54, 1.807) is 7.11 Å². The van der Waals surface area contributed by atoms with Crippen LogP contribution in [0.3, 0.4) is 0 Å². The van der Waals surface area contributed by atoms with Crippen molar-refractivity contribution in [2.45, 2.75) is 25.7 Å². The standard InChI is InChI=1S/C21H20N4O/c1-26-25-18-10-11-19-16(13-18)14-22-21(24-19)20-9-5-8-17(23-20)12-15-6-3-2-4-7-15/h2-9,14H,10-13H2,1H3/b25-18+. The Bertz CT molecular complexity index is 938. The fourth-order valence-corrected chi connectivity index (χ4v) is 3.22. The summed E-state index contributed by atoms with van der Waals surface area (Å²) in [6.45, 7) is 0. The van der Waals surface area contributed by atoms with Crippen LogP contribution < -0.4 is 0 Å². The number of hydrogen-bond acceptors (Lipinski definition) is 5. The summed E-state index contributed by atoms with van der Waals surface area (Å²) < 4.78 is 0. The zero-order valence-electron chi connectivity index (χ0n) is 14.7. The first-order chi connectivity index (χ1) is 12.8. The fraction of sp³-hybridized carbons (Fsp3) is 0.238. The molecule has 0 aliphatic heterocycles. The first kappa shape index (κ1) is 16.4. The summed E-state index contributed by atoms with van der Waals surface area (Å²) in [7, 11) is 1.58. The quantitative estimate of drug-likeness (QED) is 0.678. The molecule has 0 radical (unpaired) electrons. The fourth-order valence-electron chi connectivity index (χ4n) is 3.22. The summed E-state index contributed by atoms with van der Waals surface area (Å²) in [5.41, 5.74) is 6.33. The molecular weight excluding hydrogens is 324 g/mol. The highest BCUT2D eigenvalue weighted by Crippen LogP contribution is 2.21. The molecule has 5 heteroatoms. The zero-order valence-corrected chi connectivity index (χ0v) is 14.7. The van der Waals surface area contributed by atoms with Gasteiger partial charge in [-0.15, -0.1) is 0 Å². The van der Waals surface area contributed by atoms with E-state index < -0.39 is 0 Å². The number of aryl methyl sites for hydroxylation is 1. The van der Waals surface area contributed by atoms with Crippen LogP contribution in [-0.2, 0) is 24.1 Å². The molecule has 0 N–H and O–H groups in total. The number of aromatic nitrogens is 3. The molecule has 0 unspecified atom stereocenters. The Balaban J connectivity index is 1.59. The molecule has 4 rings (SSSR count). The topological polar surface area (TPSA) is 60.3 Å². The summed E-state index contributed by atoms with van der Waals surface area (Å²) in [6, 6.07) is 16.4. The van der Waals surface area contributed by atoms with Crippen LogP contribution in [0.1, 0.15) is 28.9 Å². The number of pyridine rings is 1. The SMILES string of the molecule is CO/N=C1\CCc2nc(-c3cccc(Cc4ccccc4)n3)ncc2C1. The van der Waals surface area contributed by atoms with E-state index in [-0.39, 0.29) is 0 Å². The third-order valence-electron chi connectivity index (χ3n) is 4.48. The van der Waals surface area contributed by atoms with Crippen LogP contribution in [0, 0.1) is 0 Å². The van der Waals surface area contributed by atoms with Gasteiger partial charge >= 0.3 is 0 Å². The van der Waals surface area contributed by atoms with E-state index in [4.69, 9.17) is 14.8 Å². The van der Waals surface area contributed by atoms with Gasteiger partial charge in [0.05, 0.1) is 5.71 Å². The van der Waals surface area contributed by atoms with Crippen molar-refractivity contribution in [1.82, 2.24) is 15.0 Å². The first-order valence-electron chi connectivity index (χ1n) is 8.76. The summed E-state index contributed by atoms with van der Waals surface area (Å²) in [5.74, 6) is 0.686. The van der Waals surface area contributed by atoms with Crippen molar-refractivity contribution in [3.63, 3.8) is 0 Å². The first-order valence-corrected chi connectivity index (χ1v) is 8.76. The lowest BCUT2D eigenvalue weighted by Crippen LogP contribution is -2.16. The van der Waals surface area contributed by atoms with Crippen LogP contribution in [0.5, 0.6) is 0 Å². The van der Waals surface area contributed by atoms with Crippen LogP contribution in [0.15, 0.2) is 59.9 Å². The molecule has 1 aromatic carbocycles. The molecule has 0 saturated carbocycles. The van der Waals surface area contributed by atoms with E-state index in [0.717, 1.165) is 54.0 Å². The van der Waals surface area contributed by atoms with Gasteiger partial charge in [0.15, 0.2) is 5.82 Å². The van der Waals surface area contributed by atoms with Gasteiger partial charge in [0.25, 0.3) is 0 Å². The van der Waals surface area contributed by atoms with Gasteiger partial charge in [-0.25, -0.2) is 15.0 Å². The van der Waals surface area contributed by atoms with Crippen LogP contribution in [0.25, 0.3) is 11.5 Å². The van der Waals surface area contributed by atoms with Crippen molar-refractivity contribution < 1.29 is 4.84 Å². The van der Waals surface area contributed by atoms with Gasteiger partial charge < -0.3 is 4.84 Å². The maximum atomic E-state index is 4.89. The highest BCUT2D eigenvalue weighted by molar-refractivity contribution is 5.87. The van der Waals surface area contributed by atoms with Gasteiger partial charge in [0, 0.05) is 30.4 Å². The highest BCUT2D eigenvalue weighted by atomic mass is 16.6. The number of hydrogen-bond donors (Lipinski definition) is 0. The Kier molecular flexibility index (Phi) is 4.69. The van der Waals surface area contributed by atoms with Crippen LogP contribution >= 0.6 is 0 Å². The lowest BCUT2D eigenvalue weighted by Gasteiger charge is -2.16. The number of fused-ring (bicyclic) bond motifs is 1. The van der Waals surface area contributed by atoms with Crippen LogP contribution in [-0.4, -0.2) is 27.8 Å². The van der Waals surface area contributed by atoms with Crippen LogP contribution in [0.2, 0.25) is 0 Å². The zero-order chi connectivity index (χ0) is 17.8. The van der Waals surface area contributed by atoms with E-state index in [0.29, 0.717) is 5.82 Å². The Morgan fingerprint density at radius 2 is 1.88 bits per heavy atom. The predicted octanol–water partition coefficient (Wildman–Crippen LogP) is 3.62. The van der Waals surface area contributed by atoms with Crippen molar-refractivity contribution in [3.8, 4) is 11.5 Å². The van der Waals surface area contributed by atoms with Gasteiger partial charge in [0.1, 0.15) is 12.8 Å². The molecule has 3 aromatic rings. The molecule has 0 amide bonds. The molecule has 0 fully saturated rings. The van der Waals surface area contributed by atoms with Gasteiger partial charge in [-0.1, -0.05) is 41.6 Å². The van der Waals surface area contributed by atoms with E-state index in [1.807, 2.05) is 42.6 Å². The Hall–Kier alpha value is -3.08. The number of benzene rings is 1. The molecular formula is C21H20N4O. The predicted molar refractivity (Wildman–Crippen MR) is 101 cm³/mol. The van der Waals surface area contributed by atoms with E-state index in [1.165, 1.54) is 5.56 Å².